The van der Waals surface area contributed by atoms with E-state index in [1.54, 1.807) is 0 Å². The molecule has 0 aromatic heterocycles. The third kappa shape index (κ3) is 3.49. The van der Waals surface area contributed by atoms with Crippen molar-refractivity contribution in [2.75, 3.05) is 0 Å². The molecule has 1 unspecified atom stereocenters. The standard InChI is InChI=1S/C18H26FN/c1-18(2,15-10-12-16(19)13-11-15)17(20)14-8-6-4-3-5-7-9-14/h8,10-13,17H,3-7,9,20H2,1-2H3/b14-8+. The molecule has 0 saturated heterocycles. The summed E-state index contributed by atoms with van der Waals surface area (Å²) in [5, 5.41) is 0. The summed E-state index contributed by atoms with van der Waals surface area (Å²) in [7, 11) is 0. The zero-order valence-corrected chi connectivity index (χ0v) is 12.7. The van der Waals surface area contributed by atoms with Crippen LogP contribution in [0.3, 0.4) is 0 Å². The molecule has 0 spiro atoms. The Morgan fingerprint density at radius 2 is 1.70 bits per heavy atom. The molecule has 1 nitrogen and oxygen atoms in total. The molecule has 2 rings (SSSR count). The molecule has 20 heavy (non-hydrogen) atoms. The zero-order valence-electron chi connectivity index (χ0n) is 12.7. The van der Waals surface area contributed by atoms with Gasteiger partial charge >= 0.3 is 0 Å². The van der Waals surface area contributed by atoms with Gasteiger partial charge in [0.1, 0.15) is 5.82 Å². The minimum atomic E-state index is -0.191. The van der Waals surface area contributed by atoms with Gasteiger partial charge in [-0.2, -0.15) is 0 Å². The number of benzene rings is 1. The van der Waals surface area contributed by atoms with Crippen LogP contribution in [0.5, 0.6) is 0 Å². The Morgan fingerprint density at radius 1 is 1.05 bits per heavy atom. The molecular formula is C18H26FN. The summed E-state index contributed by atoms with van der Waals surface area (Å²) in [4.78, 5) is 0. The fourth-order valence-corrected chi connectivity index (χ4v) is 3.02. The van der Waals surface area contributed by atoms with E-state index in [4.69, 9.17) is 5.73 Å². The molecule has 2 heteroatoms. The number of halogens is 1. The first kappa shape index (κ1) is 15.2. The van der Waals surface area contributed by atoms with Crippen molar-refractivity contribution in [3.05, 3.63) is 47.3 Å². The number of allylic oxidation sites excluding steroid dienone is 1. The molecule has 0 radical (unpaired) electrons. The highest BCUT2D eigenvalue weighted by Crippen LogP contribution is 2.32. The Hall–Kier alpha value is -1.15. The second kappa shape index (κ2) is 6.53. The molecule has 0 aliphatic heterocycles. The first-order valence-corrected chi connectivity index (χ1v) is 7.72. The number of hydrogen-bond donors (Lipinski definition) is 1. The van der Waals surface area contributed by atoms with Crippen molar-refractivity contribution in [1.29, 1.82) is 0 Å². The van der Waals surface area contributed by atoms with E-state index in [9.17, 15) is 4.39 Å². The number of rotatable bonds is 3. The molecule has 0 heterocycles. The van der Waals surface area contributed by atoms with Gasteiger partial charge in [0.2, 0.25) is 0 Å². The monoisotopic (exact) mass is 275 g/mol. The third-order valence-electron chi connectivity index (χ3n) is 4.59. The molecule has 1 aromatic rings. The minimum absolute atomic E-state index is 0.00561. The average molecular weight is 275 g/mol. The molecule has 0 amide bonds. The summed E-state index contributed by atoms with van der Waals surface area (Å²) >= 11 is 0. The van der Waals surface area contributed by atoms with Gasteiger partial charge in [0.05, 0.1) is 0 Å². The maximum absolute atomic E-state index is 13.1. The Bertz CT molecular complexity index is 459. The van der Waals surface area contributed by atoms with Crippen molar-refractivity contribution in [2.45, 2.75) is 63.8 Å². The summed E-state index contributed by atoms with van der Waals surface area (Å²) in [6.07, 6.45) is 9.73. The molecule has 0 bridgehead atoms. The smallest absolute Gasteiger partial charge is 0.123 e. The van der Waals surface area contributed by atoms with Gasteiger partial charge in [-0.3, -0.25) is 0 Å². The predicted molar refractivity (Wildman–Crippen MR) is 83.2 cm³/mol. The maximum atomic E-state index is 13.1. The number of hydrogen-bond acceptors (Lipinski definition) is 1. The van der Waals surface area contributed by atoms with Crippen LogP contribution in [0.15, 0.2) is 35.9 Å². The highest BCUT2D eigenvalue weighted by Gasteiger charge is 2.30. The van der Waals surface area contributed by atoms with Crippen molar-refractivity contribution >= 4 is 0 Å². The zero-order chi connectivity index (χ0) is 14.6. The molecule has 1 aliphatic rings. The summed E-state index contributed by atoms with van der Waals surface area (Å²) in [6, 6.07) is 6.77. The van der Waals surface area contributed by atoms with Gasteiger partial charge in [-0.25, -0.2) is 4.39 Å². The normalized spacial score (nSPS) is 21.5. The van der Waals surface area contributed by atoms with Crippen molar-refractivity contribution in [2.24, 2.45) is 5.73 Å². The molecule has 1 aliphatic carbocycles. The fourth-order valence-electron chi connectivity index (χ4n) is 3.02. The van der Waals surface area contributed by atoms with Crippen molar-refractivity contribution in [3.8, 4) is 0 Å². The second-order valence-electron chi connectivity index (χ2n) is 6.44. The topological polar surface area (TPSA) is 26.0 Å². The van der Waals surface area contributed by atoms with Crippen LogP contribution in [0.1, 0.15) is 57.9 Å². The van der Waals surface area contributed by atoms with E-state index in [0.717, 1.165) is 18.4 Å². The Kier molecular flexibility index (Phi) is 4.98. The van der Waals surface area contributed by atoms with Crippen molar-refractivity contribution in [1.82, 2.24) is 0 Å². The van der Waals surface area contributed by atoms with E-state index in [-0.39, 0.29) is 17.3 Å². The van der Waals surface area contributed by atoms with E-state index < -0.39 is 0 Å². The summed E-state index contributed by atoms with van der Waals surface area (Å²) in [6.45, 7) is 4.31. The highest BCUT2D eigenvalue weighted by molar-refractivity contribution is 5.31. The second-order valence-corrected chi connectivity index (χ2v) is 6.44. The van der Waals surface area contributed by atoms with E-state index in [1.165, 1.54) is 43.4 Å². The van der Waals surface area contributed by atoms with Crippen LogP contribution in [0.25, 0.3) is 0 Å². The molecule has 110 valence electrons. The van der Waals surface area contributed by atoms with E-state index in [2.05, 4.69) is 19.9 Å². The molecule has 0 saturated carbocycles. The van der Waals surface area contributed by atoms with Gasteiger partial charge in [-0.15, -0.1) is 0 Å². The van der Waals surface area contributed by atoms with Gasteiger partial charge in [0, 0.05) is 11.5 Å². The van der Waals surface area contributed by atoms with E-state index >= 15 is 0 Å². The Balaban J connectivity index is 2.20. The van der Waals surface area contributed by atoms with Crippen molar-refractivity contribution < 1.29 is 4.39 Å². The lowest BCUT2D eigenvalue weighted by Crippen LogP contribution is -2.42. The quantitative estimate of drug-likeness (QED) is 0.794. The lowest BCUT2D eigenvalue weighted by atomic mass is 9.73. The van der Waals surface area contributed by atoms with Crippen LogP contribution in [0.2, 0.25) is 0 Å². The summed E-state index contributed by atoms with van der Waals surface area (Å²) < 4.78 is 13.1. The lowest BCUT2D eigenvalue weighted by molar-refractivity contribution is 0.433. The fraction of sp³-hybridized carbons (Fsp3) is 0.556. The molecular weight excluding hydrogens is 249 g/mol. The average Bonchev–Trinajstić information content (AvgIpc) is 2.38. The van der Waals surface area contributed by atoms with Crippen LogP contribution in [-0.4, -0.2) is 6.04 Å². The minimum Gasteiger partial charge on any atom is -0.324 e. The van der Waals surface area contributed by atoms with Crippen LogP contribution < -0.4 is 5.73 Å². The first-order valence-electron chi connectivity index (χ1n) is 7.72. The van der Waals surface area contributed by atoms with Crippen LogP contribution in [0.4, 0.5) is 4.39 Å². The largest absolute Gasteiger partial charge is 0.324 e. The number of nitrogens with two attached hydrogens (primary N) is 1. The van der Waals surface area contributed by atoms with Crippen LogP contribution >= 0.6 is 0 Å². The van der Waals surface area contributed by atoms with Gasteiger partial charge in [-0.05, 0) is 43.4 Å². The third-order valence-corrected chi connectivity index (χ3v) is 4.59. The summed E-state index contributed by atoms with van der Waals surface area (Å²) in [5.74, 6) is -0.191. The van der Waals surface area contributed by atoms with Crippen LogP contribution in [0, 0.1) is 5.82 Å². The highest BCUT2D eigenvalue weighted by atomic mass is 19.1. The predicted octanol–water partition coefficient (Wildman–Crippen LogP) is 4.71. The maximum Gasteiger partial charge on any atom is 0.123 e. The lowest BCUT2D eigenvalue weighted by Gasteiger charge is -2.34. The molecule has 0 fully saturated rings. The van der Waals surface area contributed by atoms with Gasteiger partial charge in [0.15, 0.2) is 0 Å². The van der Waals surface area contributed by atoms with Crippen LogP contribution in [-0.2, 0) is 5.41 Å². The van der Waals surface area contributed by atoms with Gasteiger partial charge in [0.25, 0.3) is 0 Å². The van der Waals surface area contributed by atoms with Gasteiger partial charge in [-0.1, -0.05) is 50.5 Å². The van der Waals surface area contributed by atoms with Crippen molar-refractivity contribution in [3.63, 3.8) is 0 Å². The Labute approximate surface area is 122 Å². The van der Waals surface area contributed by atoms with E-state index in [1.807, 2.05) is 12.1 Å². The SMILES string of the molecule is CC(C)(c1ccc(F)cc1)C(N)/C1=C/CCCCCC1. The van der Waals surface area contributed by atoms with Gasteiger partial charge < -0.3 is 5.73 Å². The molecule has 2 N–H and O–H groups in total. The molecule has 1 aromatic carbocycles. The summed E-state index contributed by atoms with van der Waals surface area (Å²) in [5.41, 5.74) is 8.87. The molecule has 1 atom stereocenters. The van der Waals surface area contributed by atoms with E-state index in [0.29, 0.717) is 0 Å². The first-order chi connectivity index (χ1) is 9.51. The Morgan fingerprint density at radius 3 is 2.40 bits per heavy atom.